The number of aliphatic hydroxyl groups excluding tert-OH is 1. The molecule has 1 aromatic heterocycles. The number of rotatable bonds is 1. The van der Waals surface area contributed by atoms with Crippen molar-refractivity contribution in [3.05, 3.63) is 24.8 Å². The van der Waals surface area contributed by atoms with Crippen LogP contribution in [0.25, 0.3) is 0 Å². The highest BCUT2D eigenvalue weighted by Crippen LogP contribution is 1.66. The Morgan fingerprint density at radius 1 is 1.30 bits per heavy atom. The van der Waals surface area contributed by atoms with Gasteiger partial charge in [-0.25, -0.2) is 9.97 Å². The molecule has 0 unspecified atom stereocenters. The van der Waals surface area contributed by atoms with Crippen molar-refractivity contribution in [2.45, 2.75) is 0 Å². The summed E-state index contributed by atoms with van der Waals surface area (Å²) in [6.07, 6.45) is 4.88. The van der Waals surface area contributed by atoms with Crippen LogP contribution in [0, 0.1) is 0 Å². The third kappa shape index (κ3) is 7.39. The zero-order valence-corrected chi connectivity index (χ0v) is 6.41. The third-order valence-electron chi connectivity index (χ3n) is 0.578. The number of hydrogen-bond donors (Lipinski definition) is 2. The summed E-state index contributed by atoms with van der Waals surface area (Å²) in [5.74, 6) is 0.569. The van der Waals surface area contributed by atoms with E-state index in [1.165, 1.54) is 6.33 Å². The molecule has 0 radical (unpaired) electrons. The molecule has 1 rings (SSSR count). The highest BCUT2D eigenvalue weighted by Gasteiger charge is 1.59. The van der Waals surface area contributed by atoms with Crippen molar-refractivity contribution >= 4 is 12.6 Å². The van der Waals surface area contributed by atoms with Crippen LogP contribution in [0.4, 0.5) is 0 Å². The van der Waals surface area contributed by atoms with Crippen LogP contribution < -0.4 is 0 Å². The van der Waals surface area contributed by atoms with E-state index in [0.717, 1.165) is 0 Å². The first-order valence-corrected chi connectivity index (χ1v) is 3.46. The van der Waals surface area contributed by atoms with E-state index < -0.39 is 0 Å². The van der Waals surface area contributed by atoms with Crippen LogP contribution in [0.1, 0.15) is 0 Å². The first-order chi connectivity index (χ1) is 4.91. The second kappa shape index (κ2) is 8.39. The Bertz CT molecular complexity index is 108. The topological polar surface area (TPSA) is 46.0 Å². The molecule has 0 fully saturated rings. The lowest BCUT2D eigenvalue weighted by molar-refractivity contribution is 0.323. The van der Waals surface area contributed by atoms with Crippen LogP contribution in [0.5, 0.6) is 0 Å². The lowest BCUT2D eigenvalue weighted by Gasteiger charge is -1.70. The van der Waals surface area contributed by atoms with Crippen LogP contribution in [0.15, 0.2) is 24.8 Å². The molecule has 1 N–H and O–H groups in total. The van der Waals surface area contributed by atoms with E-state index in [4.69, 9.17) is 5.11 Å². The Labute approximate surface area is 65.6 Å². The minimum atomic E-state index is 0.184. The maximum Gasteiger partial charge on any atom is 0.115 e. The second-order valence-electron chi connectivity index (χ2n) is 1.35. The molecule has 0 aliphatic carbocycles. The molecule has 0 saturated heterocycles. The highest BCUT2D eigenvalue weighted by atomic mass is 32.1. The monoisotopic (exact) mass is 158 g/mol. The molecular weight excluding hydrogens is 148 g/mol. The van der Waals surface area contributed by atoms with Gasteiger partial charge < -0.3 is 5.11 Å². The summed E-state index contributed by atoms with van der Waals surface area (Å²) in [4.78, 5) is 7.35. The molecule has 0 aliphatic heterocycles. The van der Waals surface area contributed by atoms with Crippen LogP contribution in [0.3, 0.4) is 0 Å². The molecule has 1 heterocycles. The van der Waals surface area contributed by atoms with Crippen molar-refractivity contribution in [3.8, 4) is 0 Å². The van der Waals surface area contributed by atoms with Gasteiger partial charge in [0.1, 0.15) is 6.33 Å². The third-order valence-corrected chi connectivity index (χ3v) is 0.778. The Balaban J connectivity index is 0.000000180. The lowest BCUT2D eigenvalue weighted by Crippen LogP contribution is -1.76. The minimum Gasteiger partial charge on any atom is -0.396 e. The van der Waals surface area contributed by atoms with Gasteiger partial charge in [0.25, 0.3) is 0 Å². The average Bonchev–Trinajstić information content (AvgIpc) is 2.08. The van der Waals surface area contributed by atoms with Crippen LogP contribution in [0.2, 0.25) is 0 Å². The number of thiol groups is 1. The van der Waals surface area contributed by atoms with Crippen molar-refractivity contribution < 1.29 is 5.11 Å². The average molecular weight is 158 g/mol. The van der Waals surface area contributed by atoms with Crippen molar-refractivity contribution in [3.63, 3.8) is 0 Å². The summed E-state index contributed by atoms with van der Waals surface area (Å²) in [7, 11) is 0. The molecule has 0 bridgehead atoms. The summed E-state index contributed by atoms with van der Waals surface area (Å²) < 4.78 is 0. The van der Waals surface area contributed by atoms with E-state index in [2.05, 4.69) is 22.6 Å². The summed E-state index contributed by atoms with van der Waals surface area (Å²) in [5.41, 5.74) is 0. The van der Waals surface area contributed by atoms with Gasteiger partial charge in [-0.2, -0.15) is 12.6 Å². The van der Waals surface area contributed by atoms with Gasteiger partial charge in [-0.1, -0.05) is 0 Å². The Morgan fingerprint density at radius 3 is 1.90 bits per heavy atom. The molecule has 3 nitrogen and oxygen atoms in total. The van der Waals surface area contributed by atoms with E-state index in [0.29, 0.717) is 5.75 Å². The largest absolute Gasteiger partial charge is 0.396 e. The van der Waals surface area contributed by atoms with Gasteiger partial charge >= 0.3 is 0 Å². The van der Waals surface area contributed by atoms with Crippen molar-refractivity contribution in [2.75, 3.05) is 12.4 Å². The standard InChI is InChI=1S/C4H4N2.C2H6OS/c1-2-5-4-6-3-1;3-1-2-4/h1-4H;3-4H,1-2H2. The Morgan fingerprint density at radius 2 is 1.80 bits per heavy atom. The van der Waals surface area contributed by atoms with Gasteiger partial charge in [0.05, 0.1) is 6.61 Å². The lowest BCUT2D eigenvalue weighted by atomic mass is 10.7. The predicted octanol–water partition coefficient (Wildman–Crippen LogP) is 0.385. The van der Waals surface area contributed by atoms with Crippen LogP contribution >= 0.6 is 12.6 Å². The van der Waals surface area contributed by atoms with Crippen molar-refractivity contribution in [2.24, 2.45) is 0 Å². The van der Waals surface area contributed by atoms with Gasteiger partial charge in [-0.15, -0.1) is 0 Å². The van der Waals surface area contributed by atoms with E-state index in [-0.39, 0.29) is 6.61 Å². The smallest absolute Gasteiger partial charge is 0.115 e. The van der Waals surface area contributed by atoms with Gasteiger partial charge in [0.15, 0.2) is 0 Å². The quantitative estimate of drug-likeness (QED) is 0.581. The van der Waals surface area contributed by atoms with Gasteiger partial charge in [0, 0.05) is 18.1 Å². The molecule has 0 saturated carbocycles. The van der Waals surface area contributed by atoms with Crippen LogP contribution in [-0.4, -0.2) is 27.4 Å². The van der Waals surface area contributed by atoms with Crippen molar-refractivity contribution in [1.82, 2.24) is 9.97 Å². The Kier molecular flexibility index (Phi) is 7.88. The van der Waals surface area contributed by atoms with Gasteiger partial charge in [-0.3, -0.25) is 0 Å². The first-order valence-electron chi connectivity index (χ1n) is 2.83. The number of nitrogens with zero attached hydrogens (tertiary/aromatic N) is 2. The summed E-state index contributed by atoms with van der Waals surface area (Å²) in [6.45, 7) is 0.184. The summed E-state index contributed by atoms with van der Waals surface area (Å²) in [5, 5.41) is 7.80. The van der Waals surface area contributed by atoms with E-state index in [1.54, 1.807) is 18.5 Å². The molecule has 4 heteroatoms. The van der Waals surface area contributed by atoms with E-state index in [1.807, 2.05) is 0 Å². The molecule has 0 aromatic carbocycles. The highest BCUT2D eigenvalue weighted by molar-refractivity contribution is 7.80. The SMILES string of the molecule is OCCS.c1cncnc1. The predicted molar refractivity (Wildman–Crippen MR) is 43.0 cm³/mol. The number of aromatic nitrogens is 2. The fraction of sp³-hybridized carbons (Fsp3) is 0.333. The molecule has 0 amide bonds. The summed E-state index contributed by atoms with van der Waals surface area (Å²) in [6, 6.07) is 1.78. The van der Waals surface area contributed by atoms with E-state index >= 15 is 0 Å². The zero-order valence-electron chi connectivity index (χ0n) is 5.51. The minimum absolute atomic E-state index is 0.184. The Hall–Kier alpha value is -0.610. The fourth-order valence-corrected chi connectivity index (χ4v) is 0.253. The number of aliphatic hydroxyl groups is 1. The van der Waals surface area contributed by atoms with Gasteiger partial charge in [0.2, 0.25) is 0 Å². The van der Waals surface area contributed by atoms with Gasteiger partial charge in [-0.05, 0) is 6.07 Å². The molecule has 56 valence electrons. The van der Waals surface area contributed by atoms with E-state index in [9.17, 15) is 0 Å². The molecule has 10 heavy (non-hydrogen) atoms. The van der Waals surface area contributed by atoms with Crippen LogP contribution in [-0.2, 0) is 0 Å². The number of hydrogen-bond acceptors (Lipinski definition) is 4. The normalized spacial score (nSPS) is 7.80. The molecule has 0 atom stereocenters. The fourth-order valence-electron chi connectivity index (χ4n) is 0.253. The molecule has 0 spiro atoms. The second-order valence-corrected chi connectivity index (χ2v) is 1.80. The maximum atomic E-state index is 7.80. The molecule has 0 aliphatic rings. The zero-order chi connectivity index (χ0) is 7.66. The molecule has 1 aromatic rings. The first kappa shape index (κ1) is 9.39. The maximum absolute atomic E-state index is 7.80. The van der Waals surface area contributed by atoms with Crippen molar-refractivity contribution in [1.29, 1.82) is 0 Å². The molecular formula is C6H10N2OS. The summed E-state index contributed by atoms with van der Waals surface area (Å²) >= 11 is 3.67.